The molecule has 6 nitrogen and oxygen atoms in total. The van der Waals surface area contributed by atoms with E-state index in [1.54, 1.807) is 18.7 Å². The van der Waals surface area contributed by atoms with Gasteiger partial charge in [-0.15, -0.1) is 6.42 Å². The average Bonchev–Trinajstić information content (AvgIpc) is 3.36. The Bertz CT molecular complexity index is 1200. The number of hydrogen-bond acceptors (Lipinski definition) is 5. The number of aromatic nitrogens is 4. The molecular formula is C21H13N5O. The second kappa shape index (κ2) is 6.07. The van der Waals surface area contributed by atoms with Crippen molar-refractivity contribution < 1.29 is 4.42 Å². The number of rotatable bonds is 2. The van der Waals surface area contributed by atoms with Gasteiger partial charge in [0.05, 0.1) is 35.5 Å². The van der Waals surface area contributed by atoms with Gasteiger partial charge in [0.2, 0.25) is 0 Å². The number of fused-ring (bicyclic) bond motifs is 3. The standard InChI is InChI=1S/C21H13N5O/c1-2-14-6-7-17-15(9-14)20(16-5-3-4-8-23-16)24-10-18-21(25-12-26(17)18)19-11-22-13-27-19/h1,3-9,11-13H,10H2. The second-order valence-corrected chi connectivity index (χ2v) is 6.03. The van der Waals surface area contributed by atoms with Crippen molar-refractivity contribution in [1.29, 1.82) is 0 Å². The molecule has 0 unspecified atom stereocenters. The molecule has 5 rings (SSSR count). The Balaban J connectivity index is 1.77. The molecule has 1 aliphatic rings. The molecule has 128 valence electrons. The van der Waals surface area contributed by atoms with E-state index in [1.807, 2.05) is 41.0 Å². The molecule has 1 aliphatic heterocycles. The average molecular weight is 351 g/mol. The van der Waals surface area contributed by atoms with Crippen molar-refractivity contribution in [2.45, 2.75) is 6.54 Å². The molecule has 6 heteroatoms. The number of pyridine rings is 1. The van der Waals surface area contributed by atoms with Gasteiger partial charge in [0.15, 0.2) is 12.2 Å². The van der Waals surface area contributed by atoms with Gasteiger partial charge >= 0.3 is 0 Å². The lowest BCUT2D eigenvalue weighted by Gasteiger charge is -2.11. The lowest BCUT2D eigenvalue weighted by molar-refractivity contribution is 0.569. The lowest BCUT2D eigenvalue weighted by Crippen LogP contribution is -2.08. The van der Waals surface area contributed by atoms with Crippen molar-refractivity contribution >= 4 is 5.71 Å². The Morgan fingerprint density at radius 3 is 2.89 bits per heavy atom. The van der Waals surface area contributed by atoms with E-state index in [2.05, 4.69) is 20.9 Å². The van der Waals surface area contributed by atoms with E-state index < -0.39 is 0 Å². The van der Waals surface area contributed by atoms with Crippen molar-refractivity contribution in [3.63, 3.8) is 0 Å². The van der Waals surface area contributed by atoms with E-state index in [0.29, 0.717) is 12.3 Å². The molecule has 0 amide bonds. The first-order valence-corrected chi connectivity index (χ1v) is 8.37. The van der Waals surface area contributed by atoms with Crippen LogP contribution in [-0.2, 0) is 6.54 Å². The van der Waals surface area contributed by atoms with Crippen LogP contribution >= 0.6 is 0 Å². The summed E-state index contributed by atoms with van der Waals surface area (Å²) in [5.74, 6) is 3.31. The van der Waals surface area contributed by atoms with Gasteiger partial charge in [-0.3, -0.25) is 14.5 Å². The van der Waals surface area contributed by atoms with Crippen molar-refractivity contribution in [3.8, 4) is 29.5 Å². The molecule has 0 saturated carbocycles. The Labute approximate surface area is 155 Å². The highest BCUT2D eigenvalue weighted by molar-refractivity contribution is 6.14. The van der Waals surface area contributed by atoms with Gasteiger partial charge in [-0.2, -0.15) is 0 Å². The van der Waals surface area contributed by atoms with Crippen molar-refractivity contribution in [3.05, 3.63) is 84.0 Å². The van der Waals surface area contributed by atoms with Gasteiger partial charge in [0.25, 0.3) is 0 Å². The van der Waals surface area contributed by atoms with E-state index >= 15 is 0 Å². The highest BCUT2D eigenvalue weighted by Crippen LogP contribution is 2.30. The van der Waals surface area contributed by atoms with Gasteiger partial charge in [0.1, 0.15) is 12.0 Å². The Morgan fingerprint density at radius 1 is 1.15 bits per heavy atom. The third kappa shape index (κ3) is 2.45. The first-order chi connectivity index (χ1) is 13.3. The summed E-state index contributed by atoms with van der Waals surface area (Å²) in [6.45, 7) is 0.433. The van der Waals surface area contributed by atoms with Crippen LogP contribution in [-0.4, -0.2) is 25.2 Å². The molecule has 0 saturated heterocycles. The zero-order valence-corrected chi connectivity index (χ0v) is 14.2. The number of nitrogens with zero attached hydrogens (tertiary/aromatic N) is 5. The molecule has 3 aromatic heterocycles. The van der Waals surface area contributed by atoms with Crippen LogP contribution in [0.5, 0.6) is 0 Å². The van der Waals surface area contributed by atoms with Crippen LogP contribution in [0.2, 0.25) is 0 Å². The highest BCUT2D eigenvalue weighted by atomic mass is 16.3. The minimum absolute atomic E-state index is 0.433. The molecule has 0 bridgehead atoms. The molecule has 1 aromatic carbocycles. The van der Waals surface area contributed by atoms with E-state index in [1.165, 1.54) is 6.39 Å². The number of aliphatic imine (C=N–C) groups is 1. The smallest absolute Gasteiger partial charge is 0.181 e. The highest BCUT2D eigenvalue weighted by Gasteiger charge is 2.23. The normalized spacial score (nSPS) is 12.5. The van der Waals surface area contributed by atoms with Gasteiger partial charge in [0, 0.05) is 17.3 Å². The molecule has 0 atom stereocenters. The van der Waals surface area contributed by atoms with E-state index in [9.17, 15) is 0 Å². The molecular weight excluding hydrogens is 338 g/mol. The second-order valence-electron chi connectivity index (χ2n) is 6.03. The SMILES string of the molecule is C#Cc1ccc2c(c1)C(c1ccccn1)=NCc1c(-c3cnco3)ncn1-2. The third-order valence-electron chi connectivity index (χ3n) is 4.50. The minimum Gasteiger partial charge on any atom is -0.442 e. The van der Waals surface area contributed by atoms with E-state index in [-0.39, 0.29) is 0 Å². The Kier molecular flexibility index (Phi) is 3.44. The fourth-order valence-electron chi connectivity index (χ4n) is 3.26. The number of terminal acetylenes is 1. The Hall–Kier alpha value is -3.98. The van der Waals surface area contributed by atoms with Crippen LogP contribution in [0.4, 0.5) is 0 Å². The Morgan fingerprint density at radius 2 is 2.11 bits per heavy atom. The zero-order valence-electron chi connectivity index (χ0n) is 14.2. The lowest BCUT2D eigenvalue weighted by atomic mass is 10.0. The van der Waals surface area contributed by atoms with Gasteiger partial charge in [-0.05, 0) is 30.3 Å². The maximum atomic E-state index is 5.63. The topological polar surface area (TPSA) is 69.1 Å². The van der Waals surface area contributed by atoms with Gasteiger partial charge < -0.3 is 4.42 Å². The van der Waals surface area contributed by atoms with Crippen LogP contribution in [0.15, 0.2) is 70.9 Å². The number of hydrogen-bond donors (Lipinski definition) is 0. The van der Waals surface area contributed by atoms with Gasteiger partial charge in [-0.25, -0.2) is 9.97 Å². The summed E-state index contributed by atoms with van der Waals surface area (Å²) < 4.78 is 7.47. The summed E-state index contributed by atoms with van der Waals surface area (Å²) >= 11 is 0. The molecule has 27 heavy (non-hydrogen) atoms. The molecule has 4 aromatic rings. The van der Waals surface area contributed by atoms with E-state index in [4.69, 9.17) is 15.8 Å². The quantitative estimate of drug-likeness (QED) is 0.520. The zero-order chi connectivity index (χ0) is 18.2. The summed E-state index contributed by atoms with van der Waals surface area (Å²) in [4.78, 5) is 17.9. The summed E-state index contributed by atoms with van der Waals surface area (Å²) in [5.41, 5.74) is 5.91. The maximum Gasteiger partial charge on any atom is 0.181 e. The first kappa shape index (κ1) is 15.3. The molecule has 0 N–H and O–H groups in total. The number of benzene rings is 1. The molecule has 4 heterocycles. The monoisotopic (exact) mass is 351 g/mol. The van der Waals surface area contributed by atoms with E-state index in [0.717, 1.165) is 39.6 Å². The fourth-order valence-corrected chi connectivity index (χ4v) is 3.26. The summed E-state index contributed by atoms with van der Waals surface area (Å²) in [6, 6.07) is 11.6. The summed E-state index contributed by atoms with van der Waals surface area (Å²) in [7, 11) is 0. The summed E-state index contributed by atoms with van der Waals surface area (Å²) in [6.07, 6.45) is 12.2. The van der Waals surface area contributed by atoms with Gasteiger partial charge in [-0.1, -0.05) is 12.0 Å². The fraction of sp³-hybridized carbons (Fsp3) is 0.0476. The molecule has 0 fully saturated rings. The van der Waals surface area contributed by atoms with Crippen LogP contribution in [0.25, 0.3) is 17.1 Å². The molecule has 0 aliphatic carbocycles. The van der Waals surface area contributed by atoms with Crippen LogP contribution in [0, 0.1) is 12.3 Å². The van der Waals surface area contributed by atoms with Crippen LogP contribution in [0.3, 0.4) is 0 Å². The first-order valence-electron chi connectivity index (χ1n) is 8.37. The predicted octanol–water partition coefficient (Wildman–Crippen LogP) is 3.25. The summed E-state index contributed by atoms with van der Waals surface area (Å²) in [5, 5.41) is 0. The van der Waals surface area contributed by atoms with Crippen molar-refractivity contribution in [1.82, 2.24) is 19.5 Å². The van der Waals surface area contributed by atoms with Crippen LogP contribution < -0.4 is 0 Å². The largest absolute Gasteiger partial charge is 0.442 e. The number of oxazole rings is 1. The third-order valence-corrected chi connectivity index (χ3v) is 4.50. The van der Waals surface area contributed by atoms with Crippen LogP contribution in [0.1, 0.15) is 22.5 Å². The molecule has 0 radical (unpaired) electrons. The maximum absolute atomic E-state index is 5.63. The van der Waals surface area contributed by atoms with Crippen molar-refractivity contribution in [2.75, 3.05) is 0 Å². The minimum atomic E-state index is 0.433. The molecule has 0 spiro atoms. The van der Waals surface area contributed by atoms with Crippen molar-refractivity contribution in [2.24, 2.45) is 4.99 Å². The number of imidazole rings is 1. The predicted molar refractivity (Wildman–Crippen MR) is 101 cm³/mol.